The quantitative estimate of drug-likeness (QED) is 0.199. The van der Waals surface area contributed by atoms with Gasteiger partial charge in [0.2, 0.25) is 11.8 Å². The molecule has 1 saturated carbocycles. The van der Waals surface area contributed by atoms with Crippen molar-refractivity contribution < 1.29 is 27.7 Å². The molecule has 1 fully saturated rings. The number of carbonyl (C=O) groups is 2. The fraction of sp³-hybridized carbons (Fsp3) is 0.375. The van der Waals surface area contributed by atoms with Crippen molar-refractivity contribution in [3.05, 3.63) is 92.5 Å². The van der Waals surface area contributed by atoms with Crippen molar-refractivity contribution in [1.82, 2.24) is 10.2 Å². The number of carbonyl (C=O) groups excluding carboxylic acids is 2. The minimum absolute atomic E-state index is 0.0146. The molecule has 1 aliphatic rings. The zero-order valence-corrected chi connectivity index (χ0v) is 27.2. The Morgan fingerprint density at radius 3 is 2.44 bits per heavy atom. The molecule has 0 saturated heterocycles. The number of nitro groups is 1. The second kappa shape index (κ2) is 14.3. The summed E-state index contributed by atoms with van der Waals surface area (Å²) in [5, 5.41) is 14.9. The van der Waals surface area contributed by atoms with Crippen LogP contribution >= 0.6 is 11.6 Å². The minimum Gasteiger partial charge on any atom is -0.495 e. The van der Waals surface area contributed by atoms with Crippen LogP contribution in [-0.4, -0.2) is 55.8 Å². The van der Waals surface area contributed by atoms with E-state index in [-0.39, 0.29) is 40.5 Å². The second-order valence-electron chi connectivity index (χ2n) is 11.2. The van der Waals surface area contributed by atoms with Gasteiger partial charge in [0, 0.05) is 29.2 Å². The fourth-order valence-electron chi connectivity index (χ4n) is 5.43. The van der Waals surface area contributed by atoms with Crippen molar-refractivity contribution in [2.45, 2.75) is 70.0 Å². The van der Waals surface area contributed by atoms with Crippen molar-refractivity contribution in [1.29, 1.82) is 0 Å². The molecule has 45 heavy (non-hydrogen) atoms. The van der Waals surface area contributed by atoms with Crippen LogP contribution in [0.5, 0.6) is 5.75 Å². The van der Waals surface area contributed by atoms with Crippen LogP contribution in [0, 0.1) is 24.0 Å². The maximum absolute atomic E-state index is 14.2. The van der Waals surface area contributed by atoms with E-state index in [1.165, 1.54) is 49.3 Å². The molecule has 0 aliphatic heterocycles. The molecule has 0 heterocycles. The van der Waals surface area contributed by atoms with Gasteiger partial charge in [-0.25, -0.2) is 8.42 Å². The number of hydrogen-bond acceptors (Lipinski definition) is 7. The third kappa shape index (κ3) is 7.93. The van der Waals surface area contributed by atoms with Gasteiger partial charge in [0.15, 0.2) is 0 Å². The molecule has 11 nitrogen and oxygen atoms in total. The van der Waals surface area contributed by atoms with Gasteiger partial charge in [0.05, 0.1) is 22.6 Å². The average Bonchev–Trinajstić information content (AvgIpc) is 3.51. The van der Waals surface area contributed by atoms with Gasteiger partial charge >= 0.3 is 0 Å². The second-order valence-corrected chi connectivity index (χ2v) is 13.5. The van der Waals surface area contributed by atoms with E-state index in [9.17, 15) is 28.1 Å². The van der Waals surface area contributed by atoms with E-state index < -0.39 is 44.0 Å². The molecule has 1 N–H and O–H groups in total. The lowest BCUT2D eigenvalue weighted by Gasteiger charge is -2.33. The first-order valence-corrected chi connectivity index (χ1v) is 16.4. The van der Waals surface area contributed by atoms with Gasteiger partial charge in [0.1, 0.15) is 18.3 Å². The molecule has 13 heteroatoms. The van der Waals surface area contributed by atoms with Crippen molar-refractivity contribution in [2.24, 2.45) is 0 Å². The lowest BCUT2D eigenvalue weighted by atomic mass is 10.1. The Morgan fingerprint density at radius 2 is 1.80 bits per heavy atom. The van der Waals surface area contributed by atoms with Crippen LogP contribution in [0.1, 0.15) is 49.3 Å². The maximum Gasteiger partial charge on any atom is 0.273 e. The summed E-state index contributed by atoms with van der Waals surface area (Å²) in [6.45, 7) is 4.31. The summed E-state index contributed by atoms with van der Waals surface area (Å²) in [6.07, 6.45) is 3.73. The number of nitrogens with zero attached hydrogens (tertiary/aromatic N) is 3. The smallest absolute Gasteiger partial charge is 0.273 e. The van der Waals surface area contributed by atoms with Crippen molar-refractivity contribution in [2.75, 3.05) is 18.0 Å². The number of ether oxygens (including phenoxy) is 1. The zero-order chi connectivity index (χ0) is 32.9. The molecule has 1 atom stereocenters. The molecule has 0 spiro atoms. The van der Waals surface area contributed by atoms with Gasteiger partial charge in [-0.15, -0.1) is 0 Å². The Balaban J connectivity index is 1.79. The van der Waals surface area contributed by atoms with Crippen molar-refractivity contribution in [3.8, 4) is 5.75 Å². The monoisotopic (exact) mass is 656 g/mol. The molecule has 0 unspecified atom stereocenters. The summed E-state index contributed by atoms with van der Waals surface area (Å²) < 4.78 is 34.8. The van der Waals surface area contributed by atoms with E-state index in [0.717, 1.165) is 47.2 Å². The molecule has 2 amide bonds. The Hall–Kier alpha value is -4.16. The maximum atomic E-state index is 14.2. The number of anilines is 1. The molecule has 0 aromatic heterocycles. The number of methoxy groups -OCH3 is 1. The highest BCUT2D eigenvalue weighted by Gasteiger charge is 2.35. The lowest BCUT2D eigenvalue weighted by Crippen LogP contribution is -2.52. The molecule has 3 aromatic carbocycles. The van der Waals surface area contributed by atoms with E-state index >= 15 is 0 Å². The highest BCUT2D eigenvalue weighted by Crippen LogP contribution is 2.36. The van der Waals surface area contributed by atoms with Crippen LogP contribution in [-0.2, 0) is 26.2 Å². The SMILES string of the molecule is COc1ccc(Cl)cc1N(CC(=O)N(Cc1cccc(C)c1)[C@@H](C)C(=O)NC1CCCC1)S(=O)(=O)c1ccc(C)c([N+](=O)[O-])c1. The number of sulfonamides is 1. The highest BCUT2D eigenvalue weighted by molar-refractivity contribution is 7.92. The lowest BCUT2D eigenvalue weighted by molar-refractivity contribution is -0.385. The number of benzene rings is 3. The normalized spacial score (nSPS) is 14.1. The third-order valence-corrected chi connectivity index (χ3v) is 9.95. The highest BCUT2D eigenvalue weighted by atomic mass is 35.5. The summed E-state index contributed by atoms with van der Waals surface area (Å²) >= 11 is 6.28. The third-order valence-electron chi connectivity index (χ3n) is 7.96. The number of nitrogens with one attached hydrogen (secondary N) is 1. The summed E-state index contributed by atoms with van der Waals surface area (Å²) in [6, 6.07) is 14.4. The van der Waals surface area contributed by atoms with Crippen LogP contribution in [0.25, 0.3) is 0 Å². The Bertz CT molecular complexity index is 1690. The first-order chi connectivity index (χ1) is 21.3. The Kier molecular flexibility index (Phi) is 10.7. The Morgan fingerprint density at radius 1 is 1.09 bits per heavy atom. The number of nitro benzene ring substituents is 1. The predicted octanol–water partition coefficient (Wildman–Crippen LogP) is 5.55. The largest absolute Gasteiger partial charge is 0.495 e. The topological polar surface area (TPSA) is 139 Å². The van der Waals surface area contributed by atoms with Gasteiger partial charge < -0.3 is 15.0 Å². The summed E-state index contributed by atoms with van der Waals surface area (Å²) in [4.78, 5) is 39.6. The number of hydrogen-bond donors (Lipinski definition) is 1. The van der Waals surface area contributed by atoms with Gasteiger partial charge in [-0.1, -0.05) is 60.3 Å². The minimum atomic E-state index is -4.61. The summed E-state index contributed by atoms with van der Waals surface area (Å²) in [5.74, 6) is -0.903. The van der Waals surface area contributed by atoms with E-state index in [2.05, 4.69) is 5.32 Å². The Labute approximate surface area is 268 Å². The molecule has 3 aromatic rings. The molecule has 0 bridgehead atoms. The van der Waals surface area contributed by atoms with Gasteiger partial charge in [-0.05, 0) is 63.4 Å². The fourth-order valence-corrected chi connectivity index (χ4v) is 7.03. The van der Waals surface area contributed by atoms with Crippen LogP contribution in [0.2, 0.25) is 5.02 Å². The number of aryl methyl sites for hydroxylation is 2. The number of halogens is 1. The zero-order valence-electron chi connectivity index (χ0n) is 25.7. The number of amides is 2. The summed E-state index contributed by atoms with van der Waals surface area (Å²) in [5.41, 5.74) is 1.55. The van der Waals surface area contributed by atoms with E-state index in [1.807, 2.05) is 31.2 Å². The predicted molar refractivity (Wildman–Crippen MR) is 172 cm³/mol. The van der Waals surface area contributed by atoms with E-state index in [0.29, 0.717) is 0 Å². The molecule has 4 rings (SSSR count). The molecular weight excluding hydrogens is 620 g/mol. The summed E-state index contributed by atoms with van der Waals surface area (Å²) in [7, 11) is -3.26. The molecule has 240 valence electrons. The standard InChI is InChI=1S/C32H37ClN4O7S/c1-21-8-7-9-24(16-21)19-35(23(3)32(39)34-26-10-5-6-11-26)31(38)20-36(29-17-25(33)13-15-30(29)44-4)45(42,43)27-14-12-22(2)28(18-27)37(40)41/h7-9,12-18,23,26H,5-6,10-11,19-20H2,1-4H3,(H,34,39)/t23-/m0/s1. The molecular formula is C32H37ClN4O7S. The average molecular weight is 657 g/mol. The van der Waals surface area contributed by atoms with Crippen molar-refractivity contribution in [3.63, 3.8) is 0 Å². The van der Waals surface area contributed by atoms with Crippen molar-refractivity contribution >= 4 is 44.8 Å². The molecule has 0 radical (unpaired) electrons. The van der Waals surface area contributed by atoms with Crippen LogP contribution < -0.4 is 14.4 Å². The van der Waals surface area contributed by atoms with Gasteiger partial charge in [-0.2, -0.15) is 0 Å². The first-order valence-electron chi connectivity index (χ1n) is 14.6. The van der Waals surface area contributed by atoms with E-state index in [1.54, 1.807) is 6.92 Å². The van der Waals surface area contributed by atoms with Gasteiger partial charge in [0.25, 0.3) is 15.7 Å². The van der Waals surface area contributed by atoms with Crippen LogP contribution in [0.3, 0.4) is 0 Å². The molecule has 1 aliphatic carbocycles. The van der Waals surface area contributed by atoms with E-state index in [4.69, 9.17) is 16.3 Å². The van der Waals surface area contributed by atoms with Crippen LogP contribution in [0.15, 0.2) is 65.6 Å². The number of rotatable bonds is 12. The van der Waals surface area contributed by atoms with Crippen LogP contribution in [0.4, 0.5) is 11.4 Å². The van der Waals surface area contributed by atoms with Gasteiger partial charge in [-0.3, -0.25) is 24.0 Å². The first kappa shape index (κ1) is 33.7.